The summed E-state index contributed by atoms with van der Waals surface area (Å²) in [7, 11) is 0. The van der Waals surface area contributed by atoms with Crippen molar-refractivity contribution < 1.29 is 24.3 Å². The molecule has 5 aromatic rings. The summed E-state index contributed by atoms with van der Waals surface area (Å²) in [5.74, 6) is 5.89. The normalized spacial score (nSPS) is 18.8. The zero-order chi connectivity index (χ0) is 39.5. The fourth-order valence-electron chi connectivity index (χ4n) is 7.86. The highest BCUT2D eigenvalue weighted by atomic mass is 32.1. The van der Waals surface area contributed by atoms with Gasteiger partial charge in [-0.25, -0.2) is 4.98 Å². The number of nitrogens with one attached hydrogen (secondary N) is 3. The Hall–Kier alpha value is -5.88. The van der Waals surface area contributed by atoms with E-state index in [-0.39, 0.29) is 29.8 Å². The lowest BCUT2D eigenvalue weighted by Crippen LogP contribution is -2.46. The number of rotatable bonds is 10. The van der Waals surface area contributed by atoms with Crippen molar-refractivity contribution in [2.24, 2.45) is 4.99 Å². The number of H-pyrrole nitrogens is 1. The molecule has 57 heavy (non-hydrogen) atoms. The highest BCUT2D eigenvalue weighted by molar-refractivity contribution is 7.28. The van der Waals surface area contributed by atoms with Gasteiger partial charge in [-0.2, -0.15) is 0 Å². The van der Waals surface area contributed by atoms with E-state index in [1.807, 2.05) is 59.6 Å². The average Bonchev–Trinajstić information content (AvgIpc) is 4.08. The molecule has 8 rings (SSSR count). The van der Waals surface area contributed by atoms with E-state index in [0.29, 0.717) is 36.6 Å². The molecule has 0 radical (unpaired) electrons. The molecule has 0 spiro atoms. The Kier molecular flexibility index (Phi) is 11.1. The van der Waals surface area contributed by atoms with Gasteiger partial charge in [0, 0.05) is 52.6 Å². The van der Waals surface area contributed by atoms with Crippen molar-refractivity contribution >= 4 is 67.0 Å². The highest BCUT2D eigenvalue weighted by Crippen LogP contribution is 2.40. The summed E-state index contributed by atoms with van der Waals surface area (Å²) in [5.41, 5.74) is 4.15. The Morgan fingerprint density at radius 1 is 0.860 bits per heavy atom. The van der Waals surface area contributed by atoms with Gasteiger partial charge in [0.25, 0.3) is 0 Å². The summed E-state index contributed by atoms with van der Waals surface area (Å²) >= 11 is 3.32. The third-order valence-corrected chi connectivity index (χ3v) is 12.8. The predicted molar refractivity (Wildman–Crippen MR) is 220 cm³/mol. The monoisotopic (exact) mass is 799 g/mol. The first-order valence-corrected chi connectivity index (χ1v) is 20.6. The number of likely N-dealkylation sites (tertiary alicyclic amines) is 2. The molecule has 14 heteroatoms. The second-order valence-corrected chi connectivity index (χ2v) is 16.5. The average molecular weight is 800 g/mol. The molecule has 2 saturated heterocycles. The third kappa shape index (κ3) is 8.18. The van der Waals surface area contributed by atoms with E-state index < -0.39 is 24.6 Å². The molecular weight excluding hydrogens is 759 g/mol. The maximum absolute atomic E-state index is 13.9. The van der Waals surface area contributed by atoms with E-state index in [2.05, 4.69) is 44.6 Å². The molecule has 4 N–H and O–H groups in total. The van der Waals surface area contributed by atoms with Crippen molar-refractivity contribution in [3.8, 4) is 11.8 Å². The molecule has 0 bridgehead atoms. The summed E-state index contributed by atoms with van der Waals surface area (Å²) in [6.07, 6.45) is 7.51. The van der Waals surface area contributed by atoms with E-state index in [0.717, 1.165) is 61.7 Å². The van der Waals surface area contributed by atoms with E-state index in [1.165, 1.54) is 6.92 Å². The van der Waals surface area contributed by atoms with Crippen LogP contribution < -0.4 is 10.6 Å². The van der Waals surface area contributed by atoms with Crippen molar-refractivity contribution in [2.75, 3.05) is 19.7 Å². The first kappa shape index (κ1) is 38.0. The van der Waals surface area contributed by atoms with Crippen LogP contribution in [0.25, 0.3) is 15.0 Å². The van der Waals surface area contributed by atoms with Crippen LogP contribution in [0.1, 0.15) is 89.6 Å². The molecule has 3 aliphatic heterocycles. The van der Waals surface area contributed by atoms with Crippen LogP contribution in [0.5, 0.6) is 0 Å². The number of hydrogen-bond acceptors (Lipinski definition) is 9. The summed E-state index contributed by atoms with van der Waals surface area (Å²) in [6, 6.07) is 20.6. The van der Waals surface area contributed by atoms with E-state index >= 15 is 0 Å². The number of aliphatic hydroxyl groups is 1. The molecule has 2 fully saturated rings. The van der Waals surface area contributed by atoms with E-state index in [4.69, 9.17) is 4.99 Å². The summed E-state index contributed by atoms with van der Waals surface area (Å²) in [5, 5.41) is 14.9. The van der Waals surface area contributed by atoms with Crippen LogP contribution in [0.2, 0.25) is 0 Å². The van der Waals surface area contributed by atoms with E-state index in [9.17, 15) is 24.3 Å². The number of imidazole rings is 1. The predicted octanol–water partition coefficient (Wildman–Crippen LogP) is 5.65. The number of aliphatic hydroxyl groups excluding tert-OH is 1. The number of aliphatic imine (C=N–C) groups is 1. The molecule has 2 aromatic carbocycles. The number of aromatic nitrogens is 2. The van der Waals surface area contributed by atoms with Crippen molar-refractivity contribution in [3.63, 3.8) is 0 Å². The topological polar surface area (TPSA) is 160 Å². The van der Waals surface area contributed by atoms with Crippen LogP contribution in [-0.4, -0.2) is 80.0 Å². The Morgan fingerprint density at radius 3 is 2.14 bits per heavy atom. The number of nitrogens with zero attached hydrogens (tertiary/aromatic N) is 4. The van der Waals surface area contributed by atoms with Crippen LogP contribution in [-0.2, 0) is 19.2 Å². The molecule has 4 atom stereocenters. The number of thiophene rings is 2. The fraction of sp³-hybridized carbons (Fsp3) is 0.302. The summed E-state index contributed by atoms with van der Waals surface area (Å²) < 4.78 is 2.28. The SMILES string of the molecule is CC(=O)N[C@@H](C(=O)N1CCCC1C1=NC=C(c2cc3sc(C#Cc4cnc([C@@H]5CCCN5C(=O)[C@H](NC(=O)CO)c5ccccc5)[nH]4)cc3s2)C1)c1ccccc1. The number of amides is 4. The van der Waals surface area contributed by atoms with Gasteiger partial charge in [0.2, 0.25) is 23.6 Å². The van der Waals surface area contributed by atoms with Gasteiger partial charge in [-0.1, -0.05) is 60.7 Å². The Bertz CT molecular complexity index is 2410. The van der Waals surface area contributed by atoms with Gasteiger partial charge >= 0.3 is 0 Å². The van der Waals surface area contributed by atoms with Gasteiger partial charge in [-0.05, 0) is 66.4 Å². The number of hydrogen-bond donors (Lipinski definition) is 4. The first-order chi connectivity index (χ1) is 27.7. The van der Waals surface area contributed by atoms with Gasteiger partial charge in [0.1, 0.15) is 30.2 Å². The van der Waals surface area contributed by atoms with Crippen molar-refractivity contribution in [3.05, 3.63) is 118 Å². The molecule has 0 aliphatic carbocycles. The van der Waals surface area contributed by atoms with Gasteiger partial charge in [0.05, 0.1) is 23.2 Å². The minimum atomic E-state index is -0.919. The van der Waals surface area contributed by atoms with Gasteiger partial charge in [0.15, 0.2) is 0 Å². The van der Waals surface area contributed by atoms with Gasteiger partial charge in [-0.3, -0.25) is 24.2 Å². The molecule has 4 amide bonds. The molecule has 3 aliphatic rings. The highest BCUT2D eigenvalue weighted by Gasteiger charge is 2.39. The minimum absolute atomic E-state index is 0.110. The second-order valence-electron chi connectivity index (χ2n) is 14.3. The number of carbonyl (C=O) groups is 4. The molecule has 6 heterocycles. The fourth-order valence-corrected chi connectivity index (χ4v) is 10.1. The van der Waals surface area contributed by atoms with Crippen LogP contribution in [0.15, 0.2) is 90.2 Å². The standard InChI is InChI=1S/C43H41N7O5S2/c1-26(52)46-39(27-10-4-2-5-11-27)42(54)49-18-8-14-33(49)32-20-29(23-44-32)35-22-37-36(57-35)21-31(56-37)17-16-30-24-45-41(47-30)34-15-9-19-50(34)43(55)40(48-38(53)25-51)28-12-6-3-7-13-28/h2-7,10-13,21-24,33-34,39-40,51H,8-9,14-15,18-20,25H2,1H3,(H,45,47)(H,46,52)(H,48,53)/t33?,34-,39+,40+/m0/s1. The first-order valence-electron chi connectivity index (χ1n) is 19.0. The quantitative estimate of drug-likeness (QED) is 0.134. The Balaban J connectivity index is 0.910. The van der Waals surface area contributed by atoms with Crippen LogP contribution in [0, 0.1) is 11.8 Å². The number of carbonyl (C=O) groups excluding carboxylic acids is 4. The third-order valence-electron chi connectivity index (χ3n) is 10.5. The number of allylic oxidation sites excluding steroid dienone is 1. The number of benzene rings is 2. The Labute approximate surface area is 337 Å². The maximum atomic E-state index is 13.9. The van der Waals surface area contributed by atoms with Crippen LogP contribution in [0.3, 0.4) is 0 Å². The maximum Gasteiger partial charge on any atom is 0.250 e. The Morgan fingerprint density at radius 2 is 1.49 bits per heavy atom. The number of aromatic amines is 1. The van der Waals surface area contributed by atoms with Crippen molar-refractivity contribution in [2.45, 2.75) is 63.2 Å². The lowest BCUT2D eigenvalue weighted by molar-refractivity contribution is -0.138. The largest absolute Gasteiger partial charge is 0.387 e. The molecule has 3 aromatic heterocycles. The van der Waals surface area contributed by atoms with E-state index in [1.54, 1.807) is 45.9 Å². The molecule has 0 saturated carbocycles. The molecule has 1 unspecified atom stereocenters. The minimum Gasteiger partial charge on any atom is -0.387 e. The summed E-state index contributed by atoms with van der Waals surface area (Å²) in [6.45, 7) is 1.88. The van der Waals surface area contributed by atoms with Crippen molar-refractivity contribution in [1.82, 2.24) is 30.4 Å². The lowest BCUT2D eigenvalue weighted by Gasteiger charge is -2.29. The zero-order valence-electron chi connectivity index (χ0n) is 31.2. The summed E-state index contributed by atoms with van der Waals surface area (Å²) in [4.78, 5) is 70.3. The van der Waals surface area contributed by atoms with Crippen LogP contribution in [0.4, 0.5) is 0 Å². The smallest absolute Gasteiger partial charge is 0.250 e. The zero-order valence-corrected chi connectivity index (χ0v) is 32.9. The van der Waals surface area contributed by atoms with Crippen LogP contribution >= 0.6 is 22.7 Å². The van der Waals surface area contributed by atoms with Crippen molar-refractivity contribution in [1.29, 1.82) is 0 Å². The van der Waals surface area contributed by atoms with Gasteiger partial charge in [-0.15, -0.1) is 22.7 Å². The molecule has 290 valence electrons. The molecular formula is C43H41N7O5S2. The number of fused-ring (bicyclic) bond motifs is 1. The lowest BCUT2D eigenvalue weighted by atomic mass is 10.0. The second kappa shape index (κ2) is 16.7. The van der Waals surface area contributed by atoms with Gasteiger partial charge < -0.3 is 30.5 Å². The molecule has 12 nitrogen and oxygen atoms in total.